The Hall–Kier alpha value is -2.11. The van der Waals surface area contributed by atoms with Gasteiger partial charge < -0.3 is 15.0 Å². The molecule has 0 saturated carbocycles. The second-order valence-corrected chi connectivity index (χ2v) is 5.83. The third kappa shape index (κ3) is 2.89. The van der Waals surface area contributed by atoms with Crippen LogP contribution in [0.5, 0.6) is 0 Å². The molecule has 1 amide bonds. The minimum absolute atomic E-state index is 0.0226. The third-order valence-corrected chi connectivity index (χ3v) is 3.05. The molecule has 1 heterocycles. The van der Waals surface area contributed by atoms with Gasteiger partial charge in [-0.25, -0.2) is 4.79 Å². The molecule has 0 spiro atoms. The van der Waals surface area contributed by atoms with Gasteiger partial charge in [0.05, 0.1) is 5.56 Å². The minimum atomic E-state index is -1.12. The number of hydrogen-bond donors (Lipinski definition) is 2. The van der Waals surface area contributed by atoms with E-state index in [0.29, 0.717) is 11.3 Å². The summed E-state index contributed by atoms with van der Waals surface area (Å²) in [6, 6.07) is 0. The number of rotatable bonds is 3. The summed E-state index contributed by atoms with van der Waals surface area (Å²) < 4.78 is 1.41. The summed E-state index contributed by atoms with van der Waals surface area (Å²) in [6.45, 7) is 8.47. The molecule has 0 aliphatic heterocycles. The van der Waals surface area contributed by atoms with Crippen molar-refractivity contribution >= 4 is 17.7 Å². The van der Waals surface area contributed by atoms with Crippen molar-refractivity contribution in [2.24, 2.45) is 7.05 Å². The number of Topliss-reactive ketones (excluding diaryl/α,β-unsaturated/α-hetero) is 1. The molecular weight excluding hydrogens is 260 g/mol. The maximum Gasteiger partial charge on any atom is 0.352 e. The number of carboxylic acid groups (broad SMARTS) is 1. The van der Waals surface area contributed by atoms with E-state index < -0.39 is 23.2 Å². The number of amides is 1. The maximum atomic E-state index is 12.2. The number of aromatic carboxylic acids is 1. The molecule has 1 rings (SSSR count). The van der Waals surface area contributed by atoms with Gasteiger partial charge in [0.25, 0.3) is 11.7 Å². The maximum absolute atomic E-state index is 12.2. The van der Waals surface area contributed by atoms with Crippen LogP contribution >= 0.6 is 0 Å². The molecule has 6 heteroatoms. The molecule has 0 radical (unpaired) electrons. The van der Waals surface area contributed by atoms with Gasteiger partial charge in [-0.3, -0.25) is 9.59 Å². The van der Waals surface area contributed by atoms with Gasteiger partial charge in [-0.15, -0.1) is 0 Å². The Morgan fingerprint density at radius 2 is 1.65 bits per heavy atom. The fourth-order valence-electron chi connectivity index (χ4n) is 2.13. The molecule has 0 saturated heterocycles. The molecule has 2 N–H and O–H groups in total. The highest BCUT2D eigenvalue weighted by Crippen LogP contribution is 2.22. The molecule has 1 aromatic heterocycles. The summed E-state index contributed by atoms with van der Waals surface area (Å²) in [6.07, 6.45) is 0. The summed E-state index contributed by atoms with van der Waals surface area (Å²) in [5.41, 5.74) is 0.431. The van der Waals surface area contributed by atoms with E-state index in [1.165, 1.54) is 11.5 Å². The van der Waals surface area contributed by atoms with Crippen LogP contribution in [-0.2, 0) is 11.8 Å². The summed E-state index contributed by atoms with van der Waals surface area (Å²) in [7, 11) is 1.56. The van der Waals surface area contributed by atoms with E-state index in [4.69, 9.17) is 5.11 Å². The Kier molecular flexibility index (Phi) is 4.07. The van der Waals surface area contributed by atoms with Crippen molar-refractivity contribution in [2.45, 2.75) is 40.2 Å². The Balaban J connectivity index is 3.28. The lowest BCUT2D eigenvalue weighted by Gasteiger charge is -2.19. The Morgan fingerprint density at radius 1 is 1.15 bits per heavy atom. The van der Waals surface area contributed by atoms with Crippen molar-refractivity contribution in [1.29, 1.82) is 0 Å². The van der Waals surface area contributed by atoms with Crippen molar-refractivity contribution in [2.75, 3.05) is 0 Å². The predicted octanol–water partition coefficient (Wildman–Crippen LogP) is 1.44. The van der Waals surface area contributed by atoms with E-state index in [0.717, 1.165) is 0 Å². The molecule has 0 aliphatic carbocycles. The quantitative estimate of drug-likeness (QED) is 0.647. The van der Waals surface area contributed by atoms with Crippen LogP contribution in [-0.4, -0.2) is 32.9 Å². The second-order valence-electron chi connectivity index (χ2n) is 5.83. The zero-order chi connectivity index (χ0) is 15.8. The van der Waals surface area contributed by atoms with E-state index in [1.807, 2.05) is 0 Å². The minimum Gasteiger partial charge on any atom is -0.477 e. The van der Waals surface area contributed by atoms with Gasteiger partial charge in [0.15, 0.2) is 0 Å². The number of carbonyl (C=O) groups is 3. The highest BCUT2D eigenvalue weighted by molar-refractivity contribution is 6.43. The second kappa shape index (κ2) is 5.11. The Labute approximate surface area is 117 Å². The van der Waals surface area contributed by atoms with E-state index in [9.17, 15) is 14.4 Å². The highest BCUT2D eigenvalue weighted by atomic mass is 16.4. The zero-order valence-corrected chi connectivity index (χ0v) is 12.6. The number of nitrogens with one attached hydrogen (secondary N) is 1. The van der Waals surface area contributed by atoms with Crippen molar-refractivity contribution in [3.05, 3.63) is 22.5 Å². The summed E-state index contributed by atoms with van der Waals surface area (Å²) in [5.74, 6) is -2.56. The normalized spacial score (nSPS) is 11.3. The summed E-state index contributed by atoms with van der Waals surface area (Å²) in [4.78, 5) is 35.4. The molecule has 1 aromatic rings. The van der Waals surface area contributed by atoms with E-state index in [2.05, 4.69) is 5.32 Å². The van der Waals surface area contributed by atoms with Gasteiger partial charge in [-0.1, -0.05) is 0 Å². The van der Waals surface area contributed by atoms with Gasteiger partial charge >= 0.3 is 5.97 Å². The molecule has 0 aromatic carbocycles. The van der Waals surface area contributed by atoms with Gasteiger partial charge in [-0.05, 0) is 40.2 Å². The lowest BCUT2D eigenvalue weighted by molar-refractivity contribution is -0.118. The Morgan fingerprint density at radius 3 is 2.00 bits per heavy atom. The number of hydrogen-bond acceptors (Lipinski definition) is 3. The highest BCUT2D eigenvalue weighted by Gasteiger charge is 2.29. The SMILES string of the molecule is Cc1c(C(=O)C(=O)NC(C)(C)C)c(C)n(C)c1C(=O)O. The van der Waals surface area contributed by atoms with Crippen molar-refractivity contribution in [3.8, 4) is 0 Å². The molecule has 110 valence electrons. The van der Waals surface area contributed by atoms with E-state index in [1.54, 1.807) is 34.7 Å². The average Bonchev–Trinajstić information content (AvgIpc) is 2.47. The van der Waals surface area contributed by atoms with Crippen LogP contribution in [0, 0.1) is 13.8 Å². The lowest BCUT2D eigenvalue weighted by Crippen LogP contribution is -2.44. The molecular formula is C14H20N2O4. The molecule has 6 nitrogen and oxygen atoms in total. The zero-order valence-electron chi connectivity index (χ0n) is 12.6. The number of nitrogens with zero attached hydrogens (tertiary/aromatic N) is 1. The average molecular weight is 280 g/mol. The van der Waals surface area contributed by atoms with Gasteiger partial charge in [0, 0.05) is 18.3 Å². The van der Waals surface area contributed by atoms with Crippen molar-refractivity contribution in [3.63, 3.8) is 0 Å². The first kappa shape index (κ1) is 15.9. The smallest absolute Gasteiger partial charge is 0.352 e. The molecule has 0 fully saturated rings. The molecule has 0 aliphatic rings. The Bertz CT molecular complexity index is 591. The first-order valence-electron chi connectivity index (χ1n) is 6.23. The fourth-order valence-corrected chi connectivity index (χ4v) is 2.13. The number of carboxylic acids is 1. The largest absolute Gasteiger partial charge is 0.477 e. The van der Waals surface area contributed by atoms with Crippen LogP contribution in [0.3, 0.4) is 0 Å². The van der Waals surface area contributed by atoms with Crippen LogP contribution in [0.4, 0.5) is 0 Å². The van der Waals surface area contributed by atoms with E-state index >= 15 is 0 Å². The summed E-state index contributed by atoms with van der Waals surface area (Å²) >= 11 is 0. The topological polar surface area (TPSA) is 88.4 Å². The number of carbonyl (C=O) groups excluding carboxylic acids is 2. The van der Waals surface area contributed by atoms with E-state index in [-0.39, 0.29) is 11.3 Å². The van der Waals surface area contributed by atoms with Gasteiger partial charge in [-0.2, -0.15) is 0 Å². The van der Waals surface area contributed by atoms with Gasteiger partial charge in [0.2, 0.25) is 0 Å². The monoisotopic (exact) mass is 280 g/mol. The third-order valence-electron chi connectivity index (χ3n) is 3.05. The lowest BCUT2D eigenvalue weighted by atomic mass is 10.0. The van der Waals surface area contributed by atoms with Crippen molar-refractivity contribution < 1.29 is 19.5 Å². The van der Waals surface area contributed by atoms with Gasteiger partial charge in [0.1, 0.15) is 5.69 Å². The first-order chi connectivity index (χ1) is 8.97. The molecule has 0 unspecified atom stereocenters. The first-order valence-corrected chi connectivity index (χ1v) is 6.23. The van der Waals surface area contributed by atoms with Crippen LogP contribution < -0.4 is 5.32 Å². The van der Waals surface area contributed by atoms with Crippen LogP contribution in [0.15, 0.2) is 0 Å². The van der Waals surface area contributed by atoms with Crippen LogP contribution in [0.1, 0.15) is 52.9 Å². The molecule has 0 atom stereocenters. The van der Waals surface area contributed by atoms with Crippen LogP contribution in [0.25, 0.3) is 0 Å². The standard InChI is InChI=1S/C14H20N2O4/c1-7-9(8(2)16(6)10(7)13(19)20)11(17)12(18)15-14(3,4)5/h1-6H3,(H,15,18)(H,19,20). The molecule has 0 bridgehead atoms. The van der Waals surface area contributed by atoms with Crippen LogP contribution in [0.2, 0.25) is 0 Å². The molecule has 20 heavy (non-hydrogen) atoms. The fraction of sp³-hybridized carbons (Fsp3) is 0.500. The van der Waals surface area contributed by atoms with Crippen molar-refractivity contribution in [1.82, 2.24) is 9.88 Å². The summed E-state index contributed by atoms with van der Waals surface area (Å²) in [5, 5.41) is 11.7. The number of aromatic nitrogens is 1. The number of ketones is 1. The predicted molar refractivity (Wildman–Crippen MR) is 74.1 cm³/mol.